The monoisotopic (exact) mass is 425 g/mol. The van der Waals surface area contributed by atoms with Crippen molar-refractivity contribution in [3.63, 3.8) is 0 Å². The van der Waals surface area contributed by atoms with E-state index in [-0.39, 0.29) is 10.0 Å². The van der Waals surface area contributed by atoms with Gasteiger partial charge in [-0.15, -0.1) is 5.10 Å². The third kappa shape index (κ3) is 3.60. The quantitative estimate of drug-likeness (QED) is 0.602. The van der Waals surface area contributed by atoms with Gasteiger partial charge in [-0.1, -0.05) is 52.3 Å². The first kappa shape index (κ1) is 17.7. The summed E-state index contributed by atoms with van der Waals surface area (Å²) in [4.78, 5) is 17.4. The average molecular weight is 426 g/mol. The summed E-state index contributed by atoms with van der Waals surface area (Å²) in [6.07, 6.45) is 10.2. The summed E-state index contributed by atoms with van der Waals surface area (Å²) in [5, 5.41) is 4.46. The highest BCUT2D eigenvalue weighted by Crippen LogP contribution is 2.24. The van der Waals surface area contributed by atoms with E-state index in [1.807, 2.05) is 73.3 Å². The van der Waals surface area contributed by atoms with Crippen LogP contribution in [0.3, 0.4) is 0 Å². The van der Waals surface area contributed by atoms with Crippen molar-refractivity contribution in [2.24, 2.45) is 7.05 Å². The Hall–Kier alpha value is -2.67. The number of benzene rings is 1. The molecule has 1 unspecified atom stereocenters. The fourth-order valence-corrected chi connectivity index (χ4v) is 3.29. The number of rotatable bonds is 4. The number of halogens is 1. The van der Waals surface area contributed by atoms with Crippen molar-refractivity contribution in [1.82, 2.24) is 23.9 Å². The number of hydrogen-bond acceptors (Lipinski definition) is 3. The maximum atomic E-state index is 12.6. The number of allylic oxidation sites excluding steroid dienone is 2. The van der Waals surface area contributed by atoms with Gasteiger partial charge >= 0.3 is 5.69 Å². The van der Waals surface area contributed by atoms with Crippen LogP contribution in [0.25, 0.3) is 23.5 Å². The molecular formula is C20H20BrN5O. The first-order valence-corrected chi connectivity index (χ1v) is 9.57. The third-order valence-electron chi connectivity index (χ3n) is 4.59. The molecule has 1 aromatic carbocycles. The molecule has 138 valence electrons. The summed E-state index contributed by atoms with van der Waals surface area (Å²) in [7, 11) is 1.97. The third-order valence-corrected chi connectivity index (χ3v) is 5.12. The summed E-state index contributed by atoms with van der Waals surface area (Å²) in [6.45, 7) is 2.49. The molecule has 1 aliphatic rings. The molecule has 1 aliphatic heterocycles. The number of nitrogens with zero attached hydrogens (tertiary/aromatic N) is 5. The fraction of sp³-hybridized carbons (Fsp3) is 0.250. The van der Waals surface area contributed by atoms with E-state index in [0.29, 0.717) is 18.8 Å². The number of alkyl halides is 1. The van der Waals surface area contributed by atoms with Crippen LogP contribution in [0.1, 0.15) is 18.6 Å². The Morgan fingerprint density at radius 2 is 1.96 bits per heavy atom. The van der Waals surface area contributed by atoms with Crippen LogP contribution in [-0.2, 0) is 20.0 Å². The zero-order chi connectivity index (χ0) is 19.0. The average Bonchev–Trinajstić information content (AvgIpc) is 3.12. The van der Waals surface area contributed by atoms with E-state index in [4.69, 9.17) is 4.98 Å². The minimum atomic E-state index is -0.272. The van der Waals surface area contributed by atoms with Gasteiger partial charge in [-0.25, -0.2) is 14.5 Å². The second-order valence-corrected chi connectivity index (χ2v) is 8.51. The van der Waals surface area contributed by atoms with Crippen molar-refractivity contribution in [2.45, 2.75) is 24.2 Å². The van der Waals surface area contributed by atoms with Gasteiger partial charge in [0.05, 0.1) is 16.6 Å². The highest BCUT2D eigenvalue weighted by molar-refractivity contribution is 9.10. The van der Waals surface area contributed by atoms with E-state index in [0.717, 1.165) is 17.1 Å². The molecule has 27 heavy (non-hydrogen) atoms. The first-order valence-electron chi connectivity index (χ1n) is 8.77. The highest BCUT2D eigenvalue weighted by atomic mass is 79.9. The van der Waals surface area contributed by atoms with E-state index < -0.39 is 0 Å². The van der Waals surface area contributed by atoms with Gasteiger partial charge in [-0.3, -0.25) is 4.57 Å². The van der Waals surface area contributed by atoms with Crippen LogP contribution in [0.15, 0.2) is 53.5 Å². The number of imidazole rings is 1. The molecule has 0 saturated carbocycles. The molecule has 0 N–H and O–H groups in total. The molecule has 0 amide bonds. The standard InChI is InChI=1S/C20H20BrN5O/c1-20(21)10-8-18-23-26(19(27)25(18)13-11-20)12-9-17-22-16(14-24(17)2)15-6-4-3-5-7-15/h3-8,10-11,13-14H,9,12H2,1-2H3. The summed E-state index contributed by atoms with van der Waals surface area (Å²) in [5.41, 5.74) is 1.87. The fourth-order valence-electron chi connectivity index (χ4n) is 3.04. The van der Waals surface area contributed by atoms with E-state index >= 15 is 0 Å². The lowest BCUT2D eigenvalue weighted by atomic mass is 10.1. The van der Waals surface area contributed by atoms with Crippen molar-refractivity contribution in [2.75, 3.05) is 0 Å². The van der Waals surface area contributed by atoms with Crippen LogP contribution < -0.4 is 5.69 Å². The normalized spacial score (nSPS) is 18.5. The van der Waals surface area contributed by atoms with Crippen LogP contribution in [-0.4, -0.2) is 28.2 Å². The van der Waals surface area contributed by atoms with Crippen LogP contribution in [0, 0.1) is 0 Å². The lowest BCUT2D eigenvalue weighted by molar-refractivity contribution is 0.568. The second kappa shape index (κ2) is 6.81. The Labute approximate surface area is 165 Å². The summed E-state index contributed by atoms with van der Waals surface area (Å²) in [5.74, 6) is 1.55. The summed E-state index contributed by atoms with van der Waals surface area (Å²) in [6, 6.07) is 10.1. The van der Waals surface area contributed by atoms with Crippen molar-refractivity contribution in [3.05, 3.63) is 70.8 Å². The van der Waals surface area contributed by atoms with E-state index in [9.17, 15) is 4.79 Å². The SMILES string of the molecule is Cn1cc(-c2ccccc2)nc1CCn1nc2n(c1=O)C=CC(C)(Br)C=C2. The maximum Gasteiger partial charge on any atom is 0.350 e. The van der Waals surface area contributed by atoms with Crippen LogP contribution in [0.5, 0.6) is 0 Å². The van der Waals surface area contributed by atoms with Gasteiger partial charge in [-0.2, -0.15) is 0 Å². The Bertz CT molecular complexity index is 1090. The Balaban J connectivity index is 1.55. The zero-order valence-corrected chi connectivity index (χ0v) is 16.8. The molecule has 0 spiro atoms. The van der Waals surface area contributed by atoms with E-state index in [2.05, 4.69) is 21.0 Å². The number of hydrogen-bond donors (Lipinski definition) is 0. The van der Waals surface area contributed by atoms with E-state index in [1.165, 1.54) is 4.68 Å². The van der Waals surface area contributed by atoms with Crippen molar-refractivity contribution in [1.29, 1.82) is 0 Å². The predicted octanol–water partition coefficient (Wildman–Crippen LogP) is 3.34. The Morgan fingerprint density at radius 1 is 1.19 bits per heavy atom. The van der Waals surface area contributed by atoms with Crippen LogP contribution >= 0.6 is 15.9 Å². The highest BCUT2D eigenvalue weighted by Gasteiger charge is 2.18. The van der Waals surface area contributed by atoms with Gasteiger partial charge in [0, 0.05) is 31.4 Å². The predicted molar refractivity (Wildman–Crippen MR) is 111 cm³/mol. The molecule has 7 heteroatoms. The smallest absolute Gasteiger partial charge is 0.337 e. The van der Waals surface area contributed by atoms with Crippen molar-refractivity contribution < 1.29 is 0 Å². The minimum Gasteiger partial charge on any atom is -0.337 e. The molecule has 3 aromatic rings. The van der Waals surface area contributed by atoms with E-state index in [1.54, 1.807) is 10.8 Å². The van der Waals surface area contributed by atoms with Gasteiger partial charge in [0.2, 0.25) is 0 Å². The molecular weight excluding hydrogens is 406 g/mol. The molecule has 1 atom stereocenters. The molecule has 0 fully saturated rings. The van der Waals surface area contributed by atoms with Gasteiger partial charge in [-0.05, 0) is 19.1 Å². The van der Waals surface area contributed by atoms with Crippen molar-refractivity contribution >= 4 is 28.2 Å². The van der Waals surface area contributed by atoms with Crippen LogP contribution in [0.2, 0.25) is 0 Å². The largest absolute Gasteiger partial charge is 0.350 e. The molecule has 4 rings (SSSR count). The summed E-state index contributed by atoms with van der Waals surface area (Å²) < 4.78 is 4.80. The maximum absolute atomic E-state index is 12.6. The molecule has 2 aromatic heterocycles. The Kier molecular flexibility index (Phi) is 4.47. The molecule has 0 aliphatic carbocycles. The number of aryl methyl sites for hydroxylation is 3. The molecule has 0 radical (unpaired) electrons. The lowest BCUT2D eigenvalue weighted by Crippen LogP contribution is -2.24. The Morgan fingerprint density at radius 3 is 2.74 bits per heavy atom. The molecule has 0 bridgehead atoms. The second-order valence-electron chi connectivity index (χ2n) is 6.80. The van der Waals surface area contributed by atoms with Gasteiger partial charge < -0.3 is 4.57 Å². The minimum absolute atomic E-state index is 0.145. The molecule has 3 heterocycles. The number of fused-ring (bicyclic) bond motifs is 1. The zero-order valence-electron chi connectivity index (χ0n) is 15.2. The van der Waals surface area contributed by atoms with Gasteiger partial charge in [0.25, 0.3) is 0 Å². The van der Waals surface area contributed by atoms with Gasteiger partial charge in [0.1, 0.15) is 5.82 Å². The lowest BCUT2D eigenvalue weighted by Gasteiger charge is -2.09. The first-order chi connectivity index (χ1) is 12.9. The van der Waals surface area contributed by atoms with Crippen molar-refractivity contribution in [3.8, 4) is 11.3 Å². The number of aromatic nitrogens is 5. The van der Waals surface area contributed by atoms with Gasteiger partial charge in [0.15, 0.2) is 5.82 Å². The topological polar surface area (TPSA) is 57.6 Å². The summed E-state index contributed by atoms with van der Waals surface area (Å²) >= 11 is 3.59. The van der Waals surface area contributed by atoms with Crippen LogP contribution in [0.4, 0.5) is 0 Å². The molecule has 6 nitrogen and oxygen atoms in total. The molecule has 0 saturated heterocycles.